The number of anilines is 2. The Hall–Kier alpha value is -2.97. The first-order valence-electron chi connectivity index (χ1n) is 9.55. The van der Waals surface area contributed by atoms with Crippen LogP contribution in [-0.2, 0) is 4.74 Å². The van der Waals surface area contributed by atoms with Crippen molar-refractivity contribution < 1.29 is 22.6 Å². The Kier molecular flexibility index (Phi) is 5.93. The van der Waals surface area contributed by atoms with Crippen molar-refractivity contribution >= 4 is 23.0 Å². The summed E-state index contributed by atoms with van der Waals surface area (Å²) in [5.41, 5.74) is 10.3. The topological polar surface area (TPSA) is 60.6 Å². The van der Waals surface area contributed by atoms with Crippen LogP contribution in [0.25, 0.3) is 22.4 Å². The highest BCUT2D eigenvalue weighted by Gasteiger charge is 2.31. The highest BCUT2D eigenvalue weighted by Crippen LogP contribution is 2.38. The van der Waals surface area contributed by atoms with E-state index >= 15 is 0 Å². The quantitative estimate of drug-likeness (QED) is 0.427. The lowest BCUT2D eigenvalue weighted by Crippen LogP contribution is -2.36. The van der Waals surface area contributed by atoms with Crippen molar-refractivity contribution in [3.05, 3.63) is 59.8 Å². The van der Waals surface area contributed by atoms with E-state index in [1.165, 1.54) is 12.1 Å². The third kappa shape index (κ3) is 5.03. The summed E-state index contributed by atoms with van der Waals surface area (Å²) < 4.78 is 46.8. The summed E-state index contributed by atoms with van der Waals surface area (Å²) in [5, 5.41) is 0.321. The van der Waals surface area contributed by atoms with Crippen LogP contribution in [0.4, 0.5) is 24.5 Å². The largest absolute Gasteiger partial charge is 0.573 e. The summed E-state index contributed by atoms with van der Waals surface area (Å²) in [6.07, 6.45) is -4.75. The molecule has 2 heterocycles. The zero-order chi connectivity index (χ0) is 22.0. The second kappa shape index (κ2) is 8.64. The molecule has 0 aliphatic carbocycles. The van der Waals surface area contributed by atoms with Crippen LogP contribution in [-0.4, -0.2) is 37.6 Å². The molecule has 1 aliphatic rings. The normalized spacial score (nSPS) is 14.5. The number of nitrogen functional groups attached to an aromatic ring is 1. The molecule has 0 radical (unpaired) electrons. The molecule has 0 saturated carbocycles. The molecule has 162 valence electrons. The number of hydrogen-bond donors (Lipinski definition) is 1. The highest BCUT2D eigenvalue weighted by molar-refractivity contribution is 6.29. The van der Waals surface area contributed by atoms with Crippen LogP contribution in [0.3, 0.4) is 0 Å². The highest BCUT2D eigenvalue weighted by atomic mass is 35.5. The first kappa shape index (κ1) is 21.3. The molecule has 0 amide bonds. The molecule has 9 heteroatoms. The first-order chi connectivity index (χ1) is 14.8. The van der Waals surface area contributed by atoms with Gasteiger partial charge in [-0.2, -0.15) is 0 Å². The molecule has 1 aromatic heterocycles. The predicted octanol–water partition coefficient (Wildman–Crippen LogP) is 5.39. The Morgan fingerprint density at radius 2 is 1.74 bits per heavy atom. The van der Waals surface area contributed by atoms with E-state index in [4.69, 9.17) is 22.1 Å². The second-order valence-electron chi connectivity index (χ2n) is 6.97. The van der Waals surface area contributed by atoms with E-state index in [2.05, 4.69) is 14.6 Å². The van der Waals surface area contributed by atoms with Gasteiger partial charge in [-0.05, 0) is 41.5 Å². The molecule has 0 bridgehead atoms. The van der Waals surface area contributed by atoms with Gasteiger partial charge in [-0.25, -0.2) is 4.98 Å². The standard InChI is InChI=1S/C22H19ClF3N3O2/c23-20-13-15(29-8-10-30-11-9-29)12-19(28-20)21-17(2-1-3-18(21)27)14-4-6-16(7-5-14)31-22(24,25)26/h1-7,12-13H,8-11,27H2. The van der Waals surface area contributed by atoms with Crippen LogP contribution in [0.1, 0.15) is 0 Å². The third-order valence-corrected chi connectivity index (χ3v) is 5.10. The van der Waals surface area contributed by atoms with Gasteiger partial charge in [0.2, 0.25) is 0 Å². The average molecular weight is 450 g/mol. The van der Waals surface area contributed by atoms with Gasteiger partial charge < -0.3 is 20.1 Å². The number of morpholine rings is 1. The van der Waals surface area contributed by atoms with Crippen molar-refractivity contribution in [3.63, 3.8) is 0 Å². The van der Waals surface area contributed by atoms with Crippen LogP contribution in [0.5, 0.6) is 5.75 Å². The lowest BCUT2D eigenvalue weighted by atomic mass is 9.95. The molecule has 31 heavy (non-hydrogen) atoms. The molecule has 0 atom stereocenters. The van der Waals surface area contributed by atoms with Gasteiger partial charge in [-0.1, -0.05) is 35.9 Å². The molecule has 1 aliphatic heterocycles. The summed E-state index contributed by atoms with van der Waals surface area (Å²) in [4.78, 5) is 6.62. The SMILES string of the molecule is Nc1cccc(-c2ccc(OC(F)(F)F)cc2)c1-c1cc(N2CCOCC2)cc(Cl)n1. The monoisotopic (exact) mass is 449 g/mol. The number of pyridine rings is 1. The molecule has 4 rings (SSSR count). The van der Waals surface area contributed by atoms with Crippen LogP contribution in [0.2, 0.25) is 5.15 Å². The van der Waals surface area contributed by atoms with Gasteiger partial charge in [-0.3, -0.25) is 0 Å². The number of hydrogen-bond acceptors (Lipinski definition) is 5. The van der Waals surface area contributed by atoms with Gasteiger partial charge in [0.25, 0.3) is 0 Å². The van der Waals surface area contributed by atoms with Crippen molar-refractivity contribution in [3.8, 4) is 28.1 Å². The molecule has 1 saturated heterocycles. The maximum atomic E-state index is 12.5. The summed E-state index contributed by atoms with van der Waals surface area (Å²) in [5.74, 6) is -0.294. The fraction of sp³-hybridized carbons (Fsp3) is 0.227. The maximum absolute atomic E-state index is 12.5. The Morgan fingerprint density at radius 1 is 1.03 bits per heavy atom. The Labute approximate surface area is 182 Å². The summed E-state index contributed by atoms with van der Waals surface area (Å²) in [6, 6.07) is 14.7. The zero-order valence-corrected chi connectivity index (χ0v) is 17.1. The molecule has 3 aromatic rings. The van der Waals surface area contributed by atoms with Crippen molar-refractivity contribution in [2.75, 3.05) is 36.9 Å². The fourth-order valence-corrected chi connectivity index (χ4v) is 3.75. The third-order valence-electron chi connectivity index (χ3n) is 4.91. The van der Waals surface area contributed by atoms with Crippen LogP contribution in [0, 0.1) is 0 Å². The van der Waals surface area contributed by atoms with E-state index < -0.39 is 6.36 Å². The van der Waals surface area contributed by atoms with E-state index in [1.807, 2.05) is 12.1 Å². The van der Waals surface area contributed by atoms with Crippen molar-refractivity contribution in [2.45, 2.75) is 6.36 Å². The molecule has 1 fully saturated rings. The lowest BCUT2D eigenvalue weighted by molar-refractivity contribution is -0.274. The summed E-state index contributed by atoms with van der Waals surface area (Å²) >= 11 is 6.32. The van der Waals surface area contributed by atoms with E-state index in [-0.39, 0.29) is 5.75 Å². The Balaban J connectivity index is 1.74. The second-order valence-corrected chi connectivity index (χ2v) is 7.36. The number of nitrogens with two attached hydrogens (primary N) is 1. The van der Waals surface area contributed by atoms with Gasteiger partial charge in [-0.15, -0.1) is 13.2 Å². The maximum Gasteiger partial charge on any atom is 0.573 e. The number of benzene rings is 2. The van der Waals surface area contributed by atoms with Crippen molar-refractivity contribution in [1.29, 1.82) is 0 Å². The fourth-order valence-electron chi connectivity index (χ4n) is 3.55. The zero-order valence-electron chi connectivity index (χ0n) is 16.3. The van der Waals surface area contributed by atoms with E-state index in [9.17, 15) is 13.2 Å². The van der Waals surface area contributed by atoms with Gasteiger partial charge in [0.15, 0.2) is 0 Å². The number of ether oxygens (including phenoxy) is 2. The van der Waals surface area contributed by atoms with Crippen LogP contribution in [0.15, 0.2) is 54.6 Å². The molecular formula is C22H19ClF3N3O2. The molecule has 5 nitrogen and oxygen atoms in total. The van der Waals surface area contributed by atoms with Gasteiger partial charge >= 0.3 is 6.36 Å². The number of rotatable bonds is 4. The number of nitrogens with zero attached hydrogens (tertiary/aromatic N) is 2. The summed E-state index contributed by atoms with van der Waals surface area (Å²) in [6.45, 7) is 2.72. The molecule has 2 N–H and O–H groups in total. The van der Waals surface area contributed by atoms with E-state index in [0.717, 1.165) is 24.3 Å². The first-order valence-corrected chi connectivity index (χ1v) is 9.93. The molecule has 0 unspecified atom stereocenters. The van der Waals surface area contributed by atoms with E-state index in [0.29, 0.717) is 40.9 Å². The summed E-state index contributed by atoms with van der Waals surface area (Å²) in [7, 11) is 0. The van der Waals surface area contributed by atoms with Gasteiger partial charge in [0.1, 0.15) is 10.9 Å². The number of alkyl halides is 3. The van der Waals surface area contributed by atoms with Gasteiger partial charge in [0, 0.05) is 30.0 Å². The van der Waals surface area contributed by atoms with E-state index in [1.54, 1.807) is 30.3 Å². The van der Waals surface area contributed by atoms with Crippen LogP contribution < -0.4 is 15.4 Å². The smallest absolute Gasteiger partial charge is 0.406 e. The van der Waals surface area contributed by atoms with Crippen molar-refractivity contribution in [1.82, 2.24) is 4.98 Å². The Morgan fingerprint density at radius 3 is 2.42 bits per heavy atom. The lowest BCUT2D eigenvalue weighted by Gasteiger charge is -2.29. The minimum atomic E-state index is -4.75. The molecular weight excluding hydrogens is 431 g/mol. The predicted molar refractivity (Wildman–Crippen MR) is 114 cm³/mol. The van der Waals surface area contributed by atoms with Crippen molar-refractivity contribution in [2.24, 2.45) is 0 Å². The molecule has 0 spiro atoms. The van der Waals surface area contributed by atoms with Crippen LogP contribution >= 0.6 is 11.6 Å². The van der Waals surface area contributed by atoms with Gasteiger partial charge in [0.05, 0.1) is 18.9 Å². The number of aromatic nitrogens is 1. The minimum Gasteiger partial charge on any atom is -0.406 e. The minimum absolute atomic E-state index is 0.294. The molecule has 2 aromatic carbocycles. The average Bonchev–Trinajstić information content (AvgIpc) is 2.73. The Bertz CT molecular complexity index is 1070. The number of halogens is 4.